The van der Waals surface area contributed by atoms with Gasteiger partial charge in [-0.25, -0.2) is 8.78 Å². The van der Waals surface area contributed by atoms with Gasteiger partial charge in [-0.05, 0) is 18.9 Å². The van der Waals surface area contributed by atoms with Crippen LogP contribution in [-0.2, 0) is 0 Å². The summed E-state index contributed by atoms with van der Waals surface area (Å²) in [6.07, 6.45) is 1.56. The van der Waals surface area contributed by atoms with Gasteiger partial charge in [0.2, 0.25) is 0 Å². The predicted molar refractivity (Wildman–Crippen MR) is 67.8 cm³/mol. The van der Waals surface area contributed by atoms with Gasteiger partial charge in [-0.2, -0.15) is 0 Å². The van der Waals surface area contributed by atoms with Crippen molar-refractivity contribution < 1.29 is 18.5 Å². The number of nitro benzene ring substituents is 1. The summed E-state index contributed by atoms with van der Waals surface area (Å²) in [5, 5.41) is 10.9. The molecule has 20 heavy (non-hydrogen) atoms. The van der Waals surface area contributed by atoms with E-state index in [1.165, 1.54) is 4.90 Å². The van der Waals surface area contributed by atoms with Crippen LogP contribution in [0.15, 0.2) is 12.1 Å². The van der Waals surface area contributed by atoms with Gasteiger partial charge in [-0.15, -0.1) is 11.6 Å². The summed E-state index contributed by atoms with van der Waals surface area (Å²) in [6, 6.07) is 0.960. The zero-order chi connectivity index (χ0) is 14.9. The molecule has 0 bridgehead atoms. The molecule has 1 aromatic rings. The van der Waals surface area contributed by atoms with Crippen molar-refractivity contribution in [3.63, 3.8) is 0 Å². The van der Waals surface area contributed by atoms with Gasteiger partial charge in [-0.1, -0.05) is 0 Å². The molecule has 0 heterocycles. The molecule has 0 aliphatic heterocycles. The van der Waals surface area contributed by atoms with Crippen LogP contribution >= 0.6 is 11.6 Å². The molecule has 1 fully saturated rings. The second kappa shape index (κ2) is 5.70. The number of amides is 1. The maximum atomic E-state index is 13.3. The number of carbonyl (C=O) groups excluding carboxylic acids is 1. The molecule has 0 unspecified atom stereocenters. The van der Waals surface area contributed by atoms with Crippen LogP contribution < -0.4 is 0 Å². The largest absolute Gasteiger partial charge is 0.334 e. The highest BCUT2D eigenvalue weighted by Crippen LogP contribution is 2.31. The Kier molecular flexibility index (Phi) is 4.17. The highest BCUT2D eigenvalue weighted by Gasteiger charge is 2.35. The van der Waals surface area contributed by atoms with Gasteiger partial charge in [0, 0.05) is 18.5 Å². The number of carbonyl (C=O) groups is 1. The lowest BCUT2D eigenvalue weighted by molar-refractivity contribution is -0.385. The summed E-state index contributed by atoms with van der Waals surface area (Å²) in [6.45, 7) is 0.210. The molecule has 1 aliphatic rings. The Balaban J connectivity index is 2.41. The molecule has 1 aromatic carbocycles. The second-order valence-electron chi connectivity index (χ2n) is 4.46. The lowest BCUT2D eigenvalue weighted by Gasteiger charge is -2.21. The molecule has 0 aromatic heterocycles. The molecular weight excluding hydrogens is 294 g/mol. The first-order chi connectivity index (χ1) is 9.45. The van der Waals surface area contributed by atoms with E-state index in [1.54, 1.807) is 0 Å². The lowest BCUT2D eigenvalue weighted by Crippen LogP contribution is -2.35. The van der Waals surface area contributed by atoms with Crippen LogP contribution in [0, 0.1) is 21.7 Å². The van der Waals surface area contributed by atoms with Crippen LogP contribution in [0.2, 0.25) is 0 Å². The molecule has 1 saturated carbocycles. The maximum Gasteiger partial charge on any atom is 0.285 e. The van der Waals surface area contributed by atoms with E-state index >= 15 is 0 Å². The van der Waals surface area contributed by atoms with Crippen molar-refractivity contribution in [1.82, 2.24) is 4.90 Å². The summed E-state index contributed by atoms with van der Waals surface area (Å²) in [4.78, 5) is 23.6. The topological polar surface area (TPSA) is 63.4 Å². The monoisotopic (exact) mass is 304 g/mol. The minimum atomic E-state index is -1.36. The van der Waals surface area contributed by atoms with E-state index in [9.17, 15) is 23.7 Å². The molecule has 5 nitrogen and oxygen atoms in total. The fourth-order valence-corrected chi connectivity index (χ4v) is 2.12. The van der Waals surface area contributed by atoms with E-state index in [0.29, 0.717) is 12.1 Å². The molecule has 108 valence electrons. The van der Waals surface area contributed by atoms with Gasteiger partial charge in [0.05, 0.1) is 11.0 Å². The van der Waals surface area contributed by atoms with E-state index in [0.717, 1.165) is 12.8 Å². The summed E-state index contributed by atoms with van der Waals surface area (Å²) >= 11 is 5.60. The Hall–Kier alpha value is -1.76. The summed E-state index contributed by atoms with van der Waals surface area (Å²) in [7, 11) is 0. The van der Waals surface area contributed by atoms with Crippen LogP contribution in [0.5, 0.6) is 0 Å². The van der Waals surface area contributed by atoms with E-state index in [1.807, 2.05) is 0 Å². The Morgan fingerprint density at radius 3 is 2.50 bits per heavy atom. The summed E-state index contributed by atoms with van der Waals surface area (Å²) < 4.78 is 26.3. The van der Waals surface area contributed by atoms with Crippen molar-refractivity contribution in [2.75, 3.05) is 12.4 Å². The molecule has 2 rings (SSSR count). The fourth-order valence-electron chi connectivity index (χ4n) is 1.94. The van der Waals surface area contributed by atoms with Gasteiger partial charge >= 0.3 is 0 Å². The zero-order valence-electron chi connectivity index (χ0n) is 10.3. The normalized spacial score (nSPS) is 14.2. The Bertz CT molecular complexity index is 564. The van der Waals surface area contributed by atoms with Crippen molar-refractivity contribution in [3.8, 4) is 0 Å². The van der Waals surface area contributed by atoms with Crippen molar-refractivity contribution in [2.24, 2.45) is 0 Å². The fraction of sp³-hybridized carbons (Fsp3) is 0.417. The van der Waals surface area contributed by atoms with E-state index in [2.05, 4.69) is 0 Å². The third kappa shape index (κ3) is 2.87. The maximum absolute atomic E-state index is 13.3. The summed E-state index contributed by atoms with van der Waals surface area (Å²) in [5.74, 6) is -3.18. The van der Waals surface area contributed by atoms with E-state index in [4.69, 9.17) is 11.6 Å². The van der Waals surface area contributed by atoms with Crippen LogP contribution in [0.3, 0.4) is 0 Å². The van der Waals surface area contributed by atoms with Gasteiger partial charge in [-0.3, -0.25) is 14.9 Å². The number of nitrogens with zero attached hydrogens (tertiary/aromatic N) is 2. The first-order valence-corrected chi connectivity index (χ1v) is 6.49. The number of hydrogen-bond donors (Lipinski definition) is 0. The SMILES string of the molecule is O=C(c1cc(F)c(F)cc1[N+](=O)[O-])N(CCCl)C1CC1. The third-order valence-corrected chi connectivity index (χ3v) is 3.21. The van der Waals surface area contributed by atoms with Crippen LogP contribution in [0.25, 0.3) is 0 Å². The van der Waals surface area contributed by atoms with Crippen molar-refractivity contribution in [2.45, 2.75) is 18.9 Å². The first kappa shape index (κ1) is 14.6. The number of halogens is 3. The van der Waals surface area contributed by atoms with Crippen molar-refractivity contribution in [1.29, 1.82) is 0 Å². The minimum absolute atomic E-state index is 0.0334. The Morgan fingerprint density at radius 1 is 1.40 bits per heavy atom. The average molecular weight is 305 g/mol. The minimum Gasteiger partial charge on any atom is -0.334 e. The Labute approximate surface area is 118 Å². The quantitative estimate of drug-likeness (QED) is 0.477. The zero-order valence-corrected chi connectivity index (χ0v) is 11.1. The number of benzene rings is 1. The van der Waals surface area contributed by atoms with Gasteiger partial charge in [0.25, 0.3) is 11.6 Å². The molecule has 0 saturated heterocycles. The first-order valence-electron chi connectivity index (χ1n) is 5.96. The lowest BCUT2D eigenvalue weighted by atomic mass is 10.1. The summed E-state index contributed by atoms with van der Waals surface area (Å²) in [5.41, 5.74) is -1.19. The van der Waals surface area contributed by atoms with Gasteiger partial charge in [0.1, 0.15) is 5.56 Å². The molecule has 1 amide bonds. The van der Waals surface area contributed by atoms with Crippen LogP contribution in [0.4, 0.5) is 14.5 Å². The highest BCUT2D eigenvalue weighted by atomic mass is 35.5. The predicted octanol–water partition coefficient (Wildman–Crippen LogP) is 2.72. The number of hydrogen-bond acceptors (Lipinski definition) is 3. The van der Waals surface area contributed by atoms with Crippen molar-refractivity contribution >= 4 is 23.2 Å². The molecule has 0 N–H and O–H groups in total. The molecule has 8 heteroatoms. The highest BCUT2D eigenvalue weighted by molar-refractivity contribution is 6.18. The number of rotatable bonds is 5. The molecule has 1 aliphatic carbocycles. The molecular formula is C12H11ClF2N2O3. The second-order valence-corrected chi connectivity index (χ2v) is 4.84. The standard InChI is InChI=1S/C12H11ClF2N2O3/c13-3-4-16(7-1-2-7)12(18)8-5-9(14)10(15)6-11(8)17(19)20/h5-7H,1-4H2. The number of nitro groups is 1. The Morgan fingerprint density at radius 2 is 2.00 bits per heavy atom. The average Bonchev–Trinajstić information content (AvgIpc) is 3.22. The third-order valence-electron chi connectivity index (χ3n) is 3.04. The van der Waals surface area contributed by atoms with Crippen molar-refractivity contribution in [3.05, 3.63) is 39.4 Å². The van der Waals surface area contributed by atoms with Gasteiger partial charge in [0.15, 0.2) is 11.6 Å². The van der Waals surface area contributed by atoms with Gasteiger partial charge < -0.3 is 4.90 Å². The molecule has 0 spiro atoms. The van der Waals surface area contributed by atoms with E-state index in [-0.39, 0.29) is 18.5 Å². The molecule has 0 radical (unpaired) electrons. The smallest absolute Gasteiger partial charge is 0.285 e. The van der Waals surface area contributed by atoms with Crippen LogP contribution in [-0.4, -0.2) is 34.2 Å². The molecule has 0 atom stereocenters. The van der Waals surface area contributed by atoms with E-state index < -0.39 is 33.7 Å². The number of alkyl halides is 1. The van der Waals surface area contributed by atoms with Crippen LogP contribution in [0.1, 0.15) is 23.2 Å².